The maximum Gasteiger partial charge on any atom is 0.270 e. The Morgan fingerprint density at radius 3 is 2.63 bits per heavy atom. The van der Waals surface area contributed by atoms with Gasteiger partial charge in [0.2, 0.25) is 5.91 Å². The monoisotopic (exact) mass is 555 g/mol. The van der Waals surface area contributed by atoms with Gasteiger partial charge in [-0.05, 0) is 72.9 Å². The van der Waals surface area contributed by atoms with E-state index in [1.54, 1.807) is 41.4 Å². The van der Waals surface area contributed by atoms with Gasteiger partial charge in [0, 0.05) is 49.7 Å². The molecule has 10 nitrogen and oxygen atoms in total. The summed E-state index contributed by atoms with van der Waals surface area (Å²) in [5.74, 6) is -0.0766. The SMILES string of the molecule is COc1ccc2cc1C(=O)NCCCN(C(=O)c1cc3cccnc3[nH]1)CCCC(=O)NCCc1ccc(O)c-2c1. The molecule has 0 fully saturated rings. The summed E-state index contributed by atoms with van der Waals surface area (Å²) in [7, 11) is 1.50. The quantitative estimate of drug-likeness (QED) is 0.298. The lowest BCUT2D eigenvalue weighted by Crippen LogP contribution is -2.36. The maximum absolute atomic E-state index is 13.4. The minimum absolute atomic E-state index is 0.0869. The molecule has 4 bridgehead atoms. The predicted octanol–water partition coefficient (Wildman–Crippen LogP) is 3.66. The van der Waals surface area contributed by atoms with Gasteiger partial charge in [0.1, 0.15) is 22.8 Å². The largest absolute Gasteiger partial charge is 0.507 e. The first-order chi connectivity index (χ1) is 19.9. The molecule has 1 aliphatic rings. The van der Waals surface area contributed by atoms with Crippen molar-refractivity contribution in [1.29, 1.82) is 0 Å². The molecule has 0 unspecified atom stereocenters. The molecule has 41 heavy (non-hydrogen) atoms. The minimum atomic E-state index is -0.313. The molecule has 10 heteroatoms. The number of nitrogens with one attached hydrogen (secondary N) is 3. The summed E-state index contributed by atoms with van der Waals surface area (Å²) in [6.07, 6.45) is 3.52. The van der Waals surface area contributed by atoms with Crippen LogP contribution >= 0.6 is 0 Å². The number of ether oxygens (including phenoxy) is 1. The van der Waals surface area contributed by atoms with Crippen molar-refractivity contribution in [3.8, 4) is 22.6 Å². The highest BCUT2D eigenvalue weighted by Crippen LogP contribution is 2.33. The second-order valence-electron chi connectivity index (χ2n) is 10.00. The summed E-state index contributed by atoms with van der Waals surface area (Å²) in [6, 6.07) is 16.0. The number of rotatable bonds is 2. The number of fused-ring (bicyclic) bond motifs is 6. The zero-order valence-electron chi connectivity index (χ0n) is 22.9. The third-order valence-corrected chi connectivity index (χ3v) is 7.18. The Labute approximate surface area is 237 Å². The van der Waals surface area contributed by atoms with Crippen LogP contribution in [0, 0.1) is 0 Å². The van der Waals surface area contributed by atoms with Crippen LogP contribution in [-0.2, 0) is 11.2 Å². The molecule has 4 N–H and O–H groups in total. The van der Waals surface area contributed by atoms with Gasteiger partial charge in [0.15, 0.2) is 0 Å². The van der Waals surface area contributed by atoms with Crippen LogP contribution in [0.5, 0.6) is 11.5 Å². The van der Waals surface area contributed by atoms with Crippen LogP contribution in [0.1, 0.15) is 45.7 Å². The molecule has 3 heterocycles. The molecule has 1 aliphatic heterocycles. The molecule has 4 aromatic rings. The van der Waals surface area contributed by atoms with Crippen molar-refractivity contribution in [2.75, 3.05) is 33.3 Å². The normalized spacial score (nSPS) is 15.3. The summed E-state index contributed by atoms with van der Waals surface area (Å²) in [6.45, 7) is 1.54. The van der Waals surface area contributed by atoms with Gasteiger partial charge in [-0.15, -0.1) is 0 Å². The second kappa shape index (κ2) is 12.5. The van der Waals surface area contributed by atoms with Crippen LogP contribution in [0.4, 0.5) is 0 Å². The predicted molar refractivity (Wildman–Crippen MR) is 155 cm³/mol. The van der Waals surface area contributed by atoms with Crippen molar-refractivity contribution in [2.24, 2.45) is 0 Å². The van der Waals surface area contributed by atoms with E-state index in [9.17, 15) is 19.5 Å². The lowest BCUT2D eigenvalue weighted by atomic mass is 9.98. The van der Waals surface area contributed by atoms with E-state index in [0.29, 0.717) is 79.2 Å². The molecule has 0 saturated carbocycles. The lowest BCUT2D eigenvalue weighted by Gasteiger charge is -2.22. The fraction of sp³-hybridized carbons (Fsp3) is 0.290. The zero-order chi connectivity index (χ0) is 28.8. The van der Waals surface area contributed by atoms with Gasteiger partial charge in [-0.3, -0.25) is 14.4 Å². The number of nitrogens with zero attached hydrogens (tertiary/aromatic N) is 2. The molecule has 0 aliphatic carbocycles. The summed E-state index contributed by atoms with van der Waals surface area (Å²) in [5, 5.41) is 17.3. The Balaban J connectivity index is 1.38. The fourth-order valence-corrected chi connectivity index (χ4v) is 5.01. The van der Waals surface area contributed by atoms with Crippen LogP contribution in [0.3, 0.4) is 0 Å². The standard InChI is InChI=1S/C31H33N5O5/c1-41-27-10-8-21-18-24(27)30(39)34-13-4-16-36(31(40)25-19-22-5-2-12-33-29(22)35-25)15-3-6-28(38)32-14-11-20-7-9-26(37)23(21)17-20/h2,5,7-10,12,17-19,37H,3-4,6,11,13-16H2,1H3,(H,32,38)(H,33,35)(H,34,39). The summed E-state index contributed by atoms with van der Waals surface area (Å²) < 4.78 is 5.44. The van der Waals surface area contributed by atoms with Crippen molar-refractivity contribution < 1.29 is 24.2 Å². The first-order valence-corrected chi connectivity index (χ1v) is 13.7. The number of carbonyl (C=O) groups is 3. The van der Waals surface area contributed by atoms with Gasteiger partial charge in [-0.25, -0.2) is 4.98 Å². The molecule has 0 atom stereocenters. The number of aromatic amines is 1. The van der Waals surface area contributed by atoms with Crippen LogP contribution in [0.2, 0.25) is 0 Å². The average molecular weight is 556 g/mol. The third-order valence-electron chi connectivity index (χ3n) is 7.18. The number of pyridine rings is 1. The Morgan fingerprint density at radius 1 is 0.951 bits per heavy atom. The summed E-state index contributed by atoms with van der Waals surface area (Å²) >= 11 is 0. The van der Waals surface area contributed by atoms with Crippen molar-refractivity contribution in [3.05, 3.63) is 77.6 Å². The lowest BCUT2D eigenvalue weighted by molar-refractivity contribution is -0.121. The number of amides is 3. The molecule has 2 aromatic heterocycles. The van der Waals surface area contributed by atoms with Crippen LogP contribution in [0.15, 0.2) is 60.8 Å². The molecule has 0 saturated heterocycles. The fourth-order valence-electron chi connectivity index (χ4n) is 5.01. The highest BCUT2D eigenvalue weighted by atomic mass is 16.5. The number of H-pyrrole nitrogens is 1. The van der Waals surface area contributed by atoms with E-state index >= 15 is 0 Å². The van der Waals surface area contributed by atoms with E-state index in [0.717, 1.165) is 10.9 Å². The van der Waals surface area contributed by atoms with Crippen molar-refractivity contribution in [1.82, 2.24) is 25.5 Å². The maximum atomic E-state index is 13.4. The molecule has 5 rings (SSSR count). The number of benzene rings is 2. The van der Waals surface area contributed by atoms with Crippen LogP contribution in [-0.4, -0.2) is 71.0 Å². The number of hydrogen-bond donors (Lipinski definition) is 4. The number of carbonyl (C=O) groups excluding carboxylic acids is 3. The van der Waals surface area contributed by atoms with Crippen LogP contribution < -0.4 is 15.4 Å². The summed E-state index contributed by atoms with van der Waals surface area (Å²) in [4.78, 5) is 48.2. The van der Waals surface area contributed by atoms with Crippen molar-refractivity contribution >= 4 is 28.8 Å². The van der Waals surface area contributed by atoms with E-state index in [1.807, 2.05) is 24.3 Å². The number of phenols is 1. The van der Waals surface area contributed by atoms with Crippen molar-refractivity contribution in [3.63, 3.8) is 0 Å². The number of aromatic nitrogens is 2. The first kappa shape index (κ1) is 27.7. The number of aromatic hydroxyl groups is 1. The number of methoxy groups -OCH3 is 1. The van der Waals surface area contributed by atoms with E-state index in [4.69, 9.17) is 4.74 Å². The van der Waals surface area contributed by atoms with E-state index in [2.05, 4.69) is 20.6 Å². The Hall–Kier alpha value is -4.86. The minimum Gasteiger partial charge on any atom is -0.507 e. The molecule has 3 amide bonds. The molecule has 0 radical (unpaired) electrons. The first-order valence-electron chi connectivity index (χ1n) is 13.7. The van der Waals surface area contributed by atoms with Gasteiger partial charge < -0.3 is 30.4 Å². The summed E-state index contributed by atoms with van der Waals surface area (Å²) in [5.41, 5.74) is 3.60. The smallest absolute Gasteiger partial charge is 0.270 e. The Morgan fingerprint density at radius 2 is 1.80 bits per heavy atom. The van der Waals surface area contributed by atoms with Gasteiger partial charge in [0.05, 0.1) is 12.7 Å². The van der Waals surface area contributed by atoms with Gasteiger partial charge >= 0.3 is 0 Å². The van der Waals surface area contributed by atoms with Gasteiger partial charge in [-0.2, -0.15) is 0 Å². The van der Waals surface area contributed by atoms with E-state index < -0.39 is 0 Å². The van der Waals surface area contributed by atoms with Crippen LogP contribution in [0.25, 0.3) is 22.2 Å². The average Bonchev–Trinajstić information content (AvgIpc) is 3.42. The molecule has 212 valence electrons. The van der Waals surface area contributed by atoms with Crippen molar-refractivity contribution in [2.45, 2.75) is 25.7 Å². The zero-order valence-corrected chi connectivity index (χ0v) is 22.9. The van der Waals surface area contributed by atoms with Gasteiger partial charge in [0.25, 0.3) is 11.8 Å². The molecular formula is C31H33N5O5. The molecule has 2 aromatic carbocycles. The second-order valence-corrected chi connectivity index (χ2v) is 10.00. The topological polar surface area (TPSA) is 137 Å². The Kier molecular flexibility index (Phi) is 8.47. The highest BCUT2D eigenvalue weighted by molar-refractivity contribution is 5.99. The molecular weight excluding hydrogens is 522 g/mol. The number of phenolic OH excluding ortho intramolecular Hbond substituents is 1. The highest BCUT2D eigenvalue weighted by Gasteiger charge is 2.20. The third kappa shape index (κ3) is 6.49. The number of hydrogen-bond acceptors (Lipinski definition) is 6. The Bertz CT molecular complexity index is 1550. The van der Waals surface area contributed by atoms with E-state index in [1.165, 1.54) is 7.11 Å². The van der Waals surface area contributed by atoms with Gasteiger partial charge in [-0.1, -0.05) is 12.1 Å². The van der Waals surface area contributed by atoms with E-state index in [-0.39, 0.29) is 29.9 Å². The molecule has 0 spiro atoms.